The van der Waals surface area contributed by atoms with Crippen LogP contribution >= 0.6 is 11.6 Å². The molecule has 0 heterocycles. The van der Waals surface area contributed by atoms with Crippen molar-refractivity contribution < 1.29 is 19.0 Å². The quantitative estimate of drug-likeness (QED) is 0.519. The van der Waals surface area contributed by atoms with Crippen molar-refractivity contribution in [2.24, 2.45) is 0 Å². The lowest BCUT2D eigenvalue weighted by atomic mass is 10.3. The van der Waals surface area contributed by atoms with E-state index < -0.39 is 0 Å². The van der Waals surface area contributed by atoms with E-state index >= 15 is 0 Å². The molecule has 0 aliphatic rings. The largest absolute Gasteiger partial charge is 0.493 e. The number of amides is 1. The third kappa shape index (κ3) is 5.34. The zero-order valence-electron chi connectivity index (χ0n) is 12.7. The topological polar surface area (TPSA) is 48.0 Å². The molecular formula is C15H22ClNO4. The molecular weight excluding hydrogens is 294 g/mol. The van der Waals surface area contributed by atoms with E-state index in [-0.39, 0.29) is 5.91 Å². The van der Waals surface area contributed by atoms with E-state index in [0.717, 1.165) is 6.42 Å². The third-order valence-electron chi connectivity index (χ3n) is 3.00. The Kier molecular flexibility index (Phi) is 7.75. The van der Waals surface area contributed by atoms with E-state index in [4.69, 9.17) is 25.8 Å². The first-order valence-electron chi connectivity index (χ1n) is 6.77. The SMILES string of the molecule is COc1cccc(OCCCN(C)C(=O)CCCl)c1OC. The second-order valence-corrected chi connectivity index (χ2v) is 4.83. The van der Waals surface area contributed by atoms with E-state index in [1.54, 1.807) is 26.2 Å². The van der Waals surface area contributed by atoms with Crippen molar-refractivity contribution in [3.05, 3.63) is 18.2 Å². The molecule has 0 saturated carbocycles. The molecule has 0 aromatic heterocycles. The highest BCUT2D eigenvalue weighted by Gasteiger charge is 2.11. The maximum Gasteiger partial charge on any atom is 0.223 e. The van der Waals surface area contributed by atoms with Gasteiger partial charge < -0.3 is 19.1 Å². The molecule has 1 aromatic rings. The molecule has 0 bridgehead atoms. The summed E-state index contributed by atoms with van der Waals surface area (Å²) < 4.78 is 16.2. The zero-order chi connectivity index (χ0) is 15.7. The Morgan fingerprint density at radius 3 is 2.57 bits per heavy atom. The number of carbonyl (C=O) groups excluding carboxylic acids is 1. The van der Waals surface area contributed by atoms with Crippen LogP contribution in [0.5, 0.6) is 17.2 Å². The van der Waals surface area contributed by atoms with Gasteiger partial charge in [0.1, 0.15) is 0 Å². The van der Waals surface area contributed by atoms with Crippen LogP contribution in [0.25, 0.3) is 0 Å². The van der Waals surface area contributed by atoms with E-state index in [9.17, 15) is 4.79 Å². The summed E-state index contributed by atoms with van der Waals surface area (Å²) in [7, 11) is 4.92. The summed E-state index contributed by atoms with van der Waals surface area (Å²) in [6.45, 7) is 1.12. The van der Waals surface area contributed by atoms with Crippen LogP contribution in [0.3, 0.4) is 0 Å². The second kappa shape index (κ2) is 9.34. The smallest absolute Gasteiger partial charge is 0.223 e. The van der Waals surface area contributed by atoms with E-state index in [0.29, 0.717) is 42.7 Å². The first-order valence-corrected chi connectivity index (χ1v) is 7.31. The minimum atomic E-state index is 0.0453. The molecule has 0 aliphatic heterocycles. The molecule has 0 spiro atoms. The van der Waals surface area contributed by atoms with Gasteiger partial charge in [0.2, 0.25) is 11.7 Å². The number of ether oxygens (including phenoxy) is 3. The average molecular weight is 316 g/mol. The molecule has 0 saturated heterocycles. The number of hydrogen-bond acceptors (Lipinski definition) is 4. The monoisotopic (exact) mass is 315 g/mol. The predicted octanol–water partition coefficient (Wildman–Crippen LogP) is 2.56. The Morgan fingerprint density at radius 1 is 1.24 bits per heavy atom. The fourth-order valence-corrected chi connectivity index (χ4v) is 2.01. The number of rotatable bonds is 9. The van der Waals surface area contributed by atoms with Crippen molar-refractivity contribution in [3.8, 4) is 17.2 Å². The van der Waals surface area contributed by atoms with Gasteiger partial charge >= 0.3 is 0 Å². The van der Waals surface area contributed by atoms with Gasteiger partial charge in [-0.25, -0.2) is 0 Å². The number of benzene rings is 1. The minimum Gasteiger partial charge on any atom is -0.493 e. The van der Waals surface area contributed by atoms with Crippen LogP contribution in [0, 0.1) is 0 Å². The summed E-state index contributed by atoms with van der Waals surface area (Å²) in [5, 5.41) is 0. The summed E-state index contributed by atoms with van der Waals surface area (Å²) in [6, 6.07) is 5.47. The first kappa shape index (κ1) is 17.4. The molecule has 118 valence electrons. The summed E-state index contributed by atoms with van der Waals surface area (Å²) in [5.41, 5.74) is 0. The van der Waals surface area contributed by atoms with Crippen molar-refractivity contribution >= 4 is 17.5 Å². The molecule has 0 radical (unpaired) electrons. The van der Waals surface area contributed by atoms with Gasteiger partial charge in [-0.2, -0.15) is 0 Å². The number of alkyl halides is 1. The number of methoxy groups -OCH3 is 2. The predicted molar refractivity (Wildman–Crippen MR) is 82.6 cm³/mol. The summed E-state index contributed by atoms with van der Waals surface area (Å²) >= 11 is 5.55. The maximum absolute atomic E-state index is 11.6. The Bertz CT molecular complexity index is 453. The van der Waals surface area contributed by atoms with Crippen molar-refractivity contribution in [2.45, 2.75) is 12.8 Å². The second-order valence-electron chi connectivity index (χ2n) is 4.45. The molecule has 5 nitrogen and oxygen atoms in total. The molecule has 1 rings (SSSR count). The molecule has 6 heteroatoms. The molecule has 0 atom stereocenters. The lowest BCUT2D eigenvalue weighted by molar-refractivity contribution is -0.129. The first-order chi connectivity index (χ1) is 10.1. The van der Waals surface area contributed by atoms with E-state index in [1.165, 1.54) is 0 Å². The summed E-state index contributed by atoms with van der Waals surface area (Å²) in [6.07, 6.45) is 1.09. The van der Waals surface area contributed by atoms with Crippen LogP contribution in [0.15, 0.2) is 18.2 Å². The molecule has 0 unspecified atom stereocenters. The van der Waals surface area contributed by atoms with Crippen LogP contribution in [-0.2, 0) is 4.79 Å². The number of nitrogens with zero attached hydrogens (tertiary/aromatic N) is 1. The number of carbonyl (C=O) groups is 1. The Hall–Kier alpha value is -1.62. The van der Waals surface area contributed by atoms with Gasteiger partial charge in [0.25, 0.3) is 0 Å². The number of para-hydroxylation sites is 1. The summed E-state index contributed by atoms with van der Waals surface area (Å²) in [4.78, 5) is 13.2. The number of hydrogen-bond donors (Lipinski definition) is 0. The van der Waals surface area contributed by atoms with Crippen molar-refractivity contribution in [1.82, 2.24) is 4.90 Å². The minimum absolute atomic E-state index is 0.0453. The average Bonchev–Trinajstić information content (AvgIpc) is 2.50. The highest BCUT2D eigenvalue weighted by Crippen LogP contribution is 2.36. The Labute approximate surface area is 130 Å². The van der Waals surface area contributed by atoms with Gasteiger partial charge in [-0.3, -0.25) is 4.79 Å². The standard InChI is InChI=1S/C15H22ClNO4/c1-17(14(18)8-9-16)10-5-11-21-13-7-4-6-12(19-2)15(13)20-3/h4,6-7H,5,8-11H2,1-3H3. The van der Waals surface area contributed by atoms with Crippen LogP contribution in [0.1, 0.15) is 12.8 Å². The molecule has 1 amide bonds. The lowest BCUT2D eigenvalue weighted by Crippen LogP contribution is -2.28. The molecule has 0 aliphatic carbocycles. The van der Waals surface area contributed by atoms with Gasteiger partial charge in [0, 0.05) is 25.9 Å². The Morgan fingerprint density at radius 2 is 1.95 bits per heavy atom. The Balaban J connectivity index is 2.44. The molecule has 1 aromatic carbocycles. The van der Waals surface area contributed by atoms with Gasteiger partial charge in [-0.1, -0.05) is 6.07 Å². The van der Waals surface area contributed by atoms with Crippen LogP contribution in [0.4, 0.5) is 0 Å². The fraction of sp³-hybridized carbons (Fsp3) is 0.533. The fourth-order valence-electron chi connectivity index (χ4n) is 1.85. The highest BCUT2D eigenvalue weighted by molar-refractivity contribution is 6.18. The molecule has 21 heavy (non-hydrogen) atoms. The molecule has 0 fully saturated rings. The maximum atomic E-state index is 11.6. The van der Waals surface area contributed by atoms with Crippen molar-refractivity contribution in [1.29, 1.82) is 0 Å². The van der Waals surface area contributed by atoms with Gasteiger partial charge in [-0.05, 0) is 18.6 Å². The highest BCUT2D eigenvalue weighted by atomic mass is 35.5. The van der Waals surface area contributed by atoms with Crippen molar-refractivity contribution in [3.63, 3.8) is 0 Å². The van der Waals surface area contributed by atoms with Gasteiger partial charge in [0.05, 0.1) is 20.8 Å². The van der Waals surface area contributed by atoms with E-state index in [2.05, 4.69) is 0 Å². The van der Waals surface area contributed by atoms with Gasteiger partial charge in [-0.15, -0.1) is 11.6 Å². The third-order valence-corrected chi connectivity index (χ3v) is 3.19. The van der Waals surface area contributed by atoms with Gasteiger partial charge in [0.15, 0.2) is 11.5 Å². The molecule has 0 N–H and O–H groups in total. The zero-order valence-corrected chi connectivity index (χ0v) is 13.5. The van der Waals surface area contributed by atoms with Crippen LogP contribution in [-0.4, -0.2) is 51.1 Å². The van der Waals surface area contributed by atoms with E-state index in [1.807, 2.05) is 18.2 Å². The number of halogens is 1. The van der Waals surface area contributed by atoms with Crippen LogP contribution < -0.4 is 14.2 Å². The van der Waals surface area contributed by atoms with Crippen molar-refractivity contribution in [2.75, 3.05) is 40.3 Å². The summed E-state index contributed by atoms with van der Waals surface area (Å²) in [5.74, 6) is 2.23. The lowest BCUT2D eigenvalue weighted by Gasteiger charge is -2.17. The van der Waals surface area contributed by atoms with Crippen LogP contribution in [0.2, 0.25) is 0 Å². The normalized spacial score (nSPS) is 10.1.